The van der Waals surface area contributed by atoms with Crippen LogP contribution in [0.1, 0.15) is 6.92 Å². The van der Waals surface area contributed by atoms with E-state index in [1.165, 1.54) is 0 Å². The molecular formula is C17H19N3O4. The number of aromatic amines is 1. The van der Waals surface area contributed by atoms with Crippen molar-refractivity contribution >= 4 is 11.0 Å². The molecule has 1 N–H and O–H groups in total. The quantitative estimate of drug-likeness (QED) is 0.672. The van der Waals surface area contributed by atoms with E-state index < -0.39 is 0 Å². The Bertz CT molecular complexity index is 854. The summed E-state index contributed by atoms with van der Waals surface area (Å²) in [4.78, 5) is 19.2. The second-order valence-electron chi connectivity index (χ2n) is 5.33. The Morgan fingerprint density at radius 1 is 1.25 bits per heavy atom. The average Bonchev–Trinajstić information content (AvgIpc) is 2.94. The van der Waals surface area contributed by atoms with Crippen LogP contribution in [-0.4, -0.2) is 41.1 Å². The third-order valence-corrected chi connectivity index (χ3v) is 3.50. The maximum absolute atomic E-state index is 12.2. The summed E-state index contributed by atoms with van der Waals surface area (Å²) in [5.74, 6) is 0.472. The predicted octanol–water partition coefficient (Wildman–Crippen LogP) is 2.10. The van der Waals surface area contributed by atoms with Crippen molar-refractivity contribution in [3.05, 3.63) is 53.1 Å². The van der Waals surface area contributed by atoms with E-state index in [2.05, 4.69) is 9.97 Å². The van der Waals surface area contributed by atoms with Gasteiger partial charge < -0.3 is 19.2 Å². The van der Waals surface area contributed by atoms with Crippen LogP contribution in [0.15, 0.2) is 47.4 Å². The summed E-state index contributed by atoms with van der Waals surface area (Å²) in [6.45, 7) is 2.47. The zero-order valence-corrected chi connectivity index (χ0v) is 13.6. The number of hydrogen-bond donors (Lipinski definition) is 1. The Kier molecular flexibility index (Phi) is 4.93. The molecule has 0 fully saturated rings. The fourth-order valence-corrected chi connectivity index (χ4v) is 2.34. The average molecular weight is 329 g/mol. The van der Waals surface area contributed by atoms with Crippen LogP contribution in [0, 0.1) is 0 Å². The number of pyridine rings is 1. The van der Waals surface area contributed by atoms with E-state index in [4.69, 9.17) is 14.2 Å². The monoisotopic (exact) mass is 329 g/mol. The van der Waals surface area contributed by atoms with Gasteiger partial charge >= 0.3 is 5.69 Å². The molecule has 7 nitrogen and oxygen atoms in total. The summed E-state index contributed by atoms with van der Waals surface area (Å²) in [7, 11) is 1.57. The topological polar surface area (TPSA) is 78.4 Å². The van der Waals surface area contributed by atoms with E-state index in [1.807, 2.05) is 31.2 Å². The summed E-state index contributed by atoms with van der Waals surface area (Å²) in [5, 5.41) is 0. The van der Waals surface area contributed by atoms with Crippen LogP contribution in [0.5, 0.6) is 5.88 Å². The Labute approximate surface area is 138 Å². The number of H-pyrrole nitrogens is 1. The number of fused-ring (bicyclic) bond motifs is 1. The first-order valence-electron chi connectivity index (χ1n) is 7.58. The first-order chi connectivity index (χ1) is 11.7. The molecular weight excluding hydrogens is 310 g/mol. The van der Waals surface area contributed by atoms with Gasteiger partial charge in [-0.3, -0.25) is 4.57 Å². The first-order valence-corrected chi connectivity index (χ1v) is 7.58. The molecule has 7 heteroatoms. The normalized spacial score (nSPS) is 12.4. The number of aromatic nitrogens is 3. The number of rotatable bonds is 7. The third kappa shape index (κ3) is 3.47. The molecule has 1 atom stereocenters. The van der Waals surface area contributed by atoms with E-state index in [-0.39, 0.29) is 18.6 Å². The lowest BCUT2D eigenvalue weighted by atomic mass is 10.3. The molecule has 1 aromatic carbocycles. The molecule has 0 aliphatic heterocycles. The summed E-state index contributed by atoms with van der Waals surface area (Å²) >= 11 is 0. The summed E-state index contributed by atoms with van der Waals surface area (Å²) < 4.78 is 17.3. The molecule has 0 spiro atoms. The number of ether oxygens (including phenoxy) is 3. The number of hydrogen-bond acceptors (Lipinski definition) is 5. The highest BCUT2D eigenvalue weighted by atomic mass is 16.7. The lowest BCUT2D eigenvalue weighted by Crippen LogP contribution is -2.19. The third-order valence-electron chi connectivity index (χ3n) is 3.50. The second-order valence-corrected chi connectivity index (χ2v) is 5.33. The molecule has 0 amide bonds. The van der Waals surface area contributed by atoms with Crippen molar-refractivity contribution in [2.75, 3.05) is 20.5 Å². The number of nitrogens with zero attached hydrogens (tertiary/aromatic N) is 2. The standard InChI is InChI=1S/C17H19N3O4/c1-12(24-11-22-2)10-23-16-8-7-13(9-18-16)20-15-6-4-3-5-14(15)19-17(20)21/h3-9,12H,10-11H2,1-2H3,(H,19,21)/t12-/m0/s1. The van der Waals surface area contributed by atoms with Crippen LogP contribution < -0.4 is 10.4 Å². The maximum Gasteiger partial charge on any atom is 0.331 e. The Morgan fingerprint density at radius 3 is 2.83 bits per heavy atom. The lowest BCUT2D eigenvalue weighted by Gasteiger charge is -2.13. The molecule has 0 saturated carbocycles. The van der Waals surface area contributed by atoms with Gasteiger partial charge in [0.05, 0.1) is 29.0 Å². The zero-order valence-electron chi connectivity index (χ0n) is 13.6. The van der Waals surface area contributed by atoms with Crippen molar-refractivity contribution in [3.8, 4) is 11.6 Å². The van der Waals surface area contributed by atoms with Gasteiger partial charge in [0.1, 0.15) is 13.4 Å². The summed E-state index contributed by atoms with van der Waals surface area (Å²) in [6, 6.07) is 11.0. The number of para-hydroxylation sites is 2. The molecule has 0 unspecified atom stereocenters. The van der Waals surface area contributed by atoms with Crippen LogP contribution in [0.2, 0.25) is 0 Å². The minimum Gasteiger partial charge on any atom is -0.475 e. The van der Waals surface area contributed by atoms with Gasteiger partial charge in [0.2, 0.25) is 5.88 Å². The van der Waals surface area contributed by atoms with Crippen LogP contribution in [0.3, 0.4) is 0 Å². The second kappa shape index (κ2) is 7.29. The van der Waals surface area contributed by atoms with Crippen molar-refractivity contribution in [1.29, 1.82) is 0 Å². The van der Waals surface area contributed by atoms with Gasteiger partial charge in [0.15, 0.2) is 0 Å². The summed E-state index contributed by atoms with van der Waals surface area (Å²) in [6.07, 6.45) is 1.50. The van der Waals surface area contributed by atoms with Gasteiger partial charge in [-0.15, -0.1) is 0 Å². The fourth-order valence-electron chi connectivity index (χ4n) is 2.34. The molecule has 0 aliphatic carbocycles. The molecule has 0 saturated heterocycles. The van der Waals surface area contributed by atoms with Crippen LogP contribution >= 0.6 is 0 Å². The molecule has 0 bridgehead atoms. The zero-order chi connectivity index (χ0) is 16.9. The van der Waals surface area contributed by atoms with Gasteiger partial charge in [-0.2, -0.15) is 0 Å². The Balaban J connectivity index is 1.75. The van der Waals surface area contributed by atoms with Crippen molar-refractivity contribution in [2.45, 2.75) is 13.0 Å². The number of benzene rings is 1. The van der Waals surface area contributed by atoms with E-state index in [0.29, 0.717) is 18.2 Å². The van der Waals surface area contributed by atoms with E-state index in [0.717, 1.165) is 11.0 Å². The summed E-state index contributed by atoms with van der Waals surface area (Å²) in [5.41, 5.74) is 2.06. The highest BCUT2D eigenvalue weighted by Crippen LogP contribution is 2.16. The van der Waals surface area contributed by atoms with Gasteiger partial charge in [-0.1, -0.05) is 12.1 Å². The molecule has 0 radical (unpaired) electrons. The Hall–Kier alpha value is -2.64. The van der Waals surface area contributed by atoms with E-state index >= 15 is 0 Å². The largest absolute Gasteiger partial charge is 0.475 e. The van der Waals surface area contributed by atoms with Gasteiger partial charge in [0.25, 0.3) is 0 Å². The minimum absolute atomic E-state index is 0.109. The van der Waals surface area contributed by atoms with Crippen molar-refractivity contribution in [1.82, 2.24) is 14.5 Å². The SMILES string of the molecule is COCO[C@@H](C)COc1ccc(-n2c(=O)[nH]c3ccccc32)cn1. The smallest absolute Gasteiger partial charge is 0.331 e. The van der Waals surface area contributed by atoms with Crippen LogP contribution in [0.25, 0.3) is 16.7 Å². The van der Waals surface area contributed by atoms with E-state index in [1.54, 1.807) is 30.0 Å². The van der Waals surface area contributed by atoms with Gasteiger partial charge in [-0.25, -0.2) is 9.78 Å². The van der Waals surface area contributed by atoms with Crippen LogP contribution in [0.4, 0.5) is 0 Å². The maximum atomic E-state index is 12.2. The molecule has 24 heavy (non-hydrogen) atoms. The number of methoxy groups -OCH3 is 1. The molecule has 3 aromatic rings. The molecule has 0 aliphatic rings. The lowest BCUT2D eigenvalue weighted by molar-refractivity contribution is -0.0771. The minimum atomic E-state index is -0.201. The Morgan fingerprint density at radius 2 is 2.08 bits per heavy atom. The number of nitrogens with one attached hydrogen (secondary N) is 1. The molecule has 3 rings (SSSR count). The first kappa shape index (κ1) is 16.2. The highest BCUT2D eigenvalue weighted by Gasteiger charge is 2.09. The number of imidazole rings is 1. The molecule has 2 aromatic heterocycles. The highest BCUT2D eigenvalue weighted by molar-refractivity contribution is 5.77. The fraction of sp³-hybridized carbons (Fsp3) is 0.294. The van der Waals surface area contributed by atoms with Crippen molar-refractivity contribution in [3.63, 3.8) is 0 Å². The van der Waals surface area contributed by atoms with Crippen molar-refractivity contribution < 1.29 is 14.2 Å². The predicted molar refractivity (Wildman–Crippen MR) is 89.6 cm³/mol. The van der Waals surface area contributed by atoms with Gasteiger partial charge in [-0.05, 0) is 25.1 Å². The molecule has 2 heterocycles. The van der Waals surface area contributed by atoms with Crippen LogP contribution in [-0.2, 0) is 9.47 Å². The van der Waals surface area contributed by atoms with E-state index in [9.17, 15) is 4.79 Å². The van der Waals surface area contributed by atoms with Crippen molar-refractivity contribution in [2.24, 2.45) is 0 Å². The molecule has 126 valence electrons. The van der Waals surface area contributed by atoms with Gasteiger partial charge in [0, 0.05) is 13.2 Å².